The summed E-state index contributed by atoms with van der Waals surface area (Å²) in [5, 5.41) is 0.694. The molecule has 1 aliphatic heterocycles. The van der Waals surface area contributed by atoms with Crippen LogP contribution in [0.5, 0.6) is 0 Å². The van der Waals surface area contributed by atoms with E-state index >= 15 is 0 Å². The fourth-order valence-corrected chi connectivity index (χ4v) is 3.90. The molecule has 2 aromatic rings. The Kier molecular flexibility index (Phi) is 3.84. The number of benzene rings is 2. The highest BCUT2D eigenvalue weighted by Crippen LogP contribution is 2.50. The second-order valence-electron chi connectivity index (χ2n) is 6.88. The van der Waals surface area contributed by atoms with E-state index in [4.69, 9.17) is 11.6 Å². The highest BCUT2D eigenvalue weighted by Gasteiger charge is 2.53. The molecule has 1 heterocycles. The molecular weight excluding hydrogens is 325 g/mol. The van der Waals surface area contributed by atoms with E-state index in [1.807, 2.05) is 41.3 Å². The van der Waals surface area contributed by atoms with Crippen LogP contribution in [0.3, 0.4) is 0 Å². The predicted molar refractivity (Wildman–Crippen MR) is 92.7 cm³/mol. The lowest BCUT2D eigenvalue weighted by Gasteiger charge is -2.24. The zero-order valence-electron chi connectivity index (χ0n) is 13.3. The molecule has 2 nitrogen and oxygen atoms in total. The maximum Gasteiger partial charge on any atom is 0.233 e. The van der Waals surface area contributed by atoms with Gasteiger partial charge in [0.05, 0.1) is 5.41 Å². The zero-order valence-corrected chi connectivity index (χ0v) is 14.1. The smallest absolute Gasteiger partial charge is 0.233 e. The summed E-state index contributed by atoms with van der Waals surface area (Å²) in [7, 11) is 0. The van der Waals surface area contributed by atoms with Crippen molar-refractivity contribution in [2.45, 2.75) is 30.6 Å². The molecule has 124 valence electrons. The van der Waals surface area contributed by atoms with Crippen LogP contribution in [0.25, 0.3) is 0 Å². The van der Waals surface area contributed by atoms with Gasteiger partial charge in [-0.25, -0.2) is 4.39 Å². The van der Waals surface area contributed by atoms with E-state index in [-0.39, 0.29) is 17.1 Å². The lowest BCUT2D eigenvalue weighted by atomic mass is 9.94. The van der Waals surface area contributed by atoms with Crippen LogP contribution in [0.1, 0.15) is 36.3 Å². The molecule has 0 bridgehead atoms. The molecule has 2 fully saturated rings. The van der Waals surface area contributed by atoms with Crippen LogP contribution in [0, 0.1) is 5.82 Å². The number of likely N-dealkylation sites (tertiary alicyclic amines) is 1. The Hall–Kier alpha value is -1.87. The van der Waals surface area contributed by atoms with Crippen LogP contribution < -0.4 is 0 Å². The van der Waals surface area contributed by atoms with Crippen LogP contribution in [-0.4, -0.2) is 23.9 Å². The standard InChI is InChI=1S/C20H19ClFNO/c21-17-5-3-16(4-6-17)20(10-11-20)19(24)23-12-9-15(13-23)14-1-7-18(22)8-2-14/h1-8,15H,9-13H2. The van der Waals surface area contributed by atoms with Gasteiger partial charge in [-0.05, 0) is 54.7 Å². The first-order valence-electron chi connectivity index (χ1n) is 8.39. The molecule has 2 aliphatic rings. The zero-order chi connectivity index (χ0) is 16.7. The van der Waals surface area contributed by atoms with Crippen molar-refractivity contribution < 1.29 is 9.18 Å². The van der Waals surface area contributed by atoms with E-state index in [1.54, 1.807) is 0 Å². The minimum Gasteiger partial charge on any atom is -0.341 e. The number of amides is 1. The summed E-state index contributed by atoms with van der Waals surface area (Å²) in [4.78, 5) is 15.1. The molecule has 1 saturated heterocycles. The SMILES string of the molecule is O=C(N1CCC(c2ccc(F)cc2)C1)C1(c2ccc(Cl)cc2)CC1. The molecule has 1 saturated carbocycles. The average molecular weight is 344 g/mol. The number of nitrogens with zero attached hydrogens (tertiary/aromatic N) is 1. The number of hydrogen-bond donors (Lipinski definition) is 0. The van der Waals surface area contributed by atoms with Crippen LogP contribution in [-0.2, 0) is 10.2 Å². The minimum absolute atomic E-state index is 0.218. The third-order valence-electron chi connectivity index (χ3n) is 5.37. The lowest BCUT2D eigenvalue weighted by molar-refractivity contribution is -0.132. The second-order valence-corrected chi connectivity index (χ2v) is 7.31. The van der Waals surface area contributed by atoms with Crippen molar-refractivity contribution in [3.05, 3.63) is 70.5 Å². The molecule has 1 atom stereocenters. The Bertz CT molecular complexity index is 752. The predicted octanol–water partition coefficient (Wildman–Crippen LogP) is 4.53. The largest absolute Gasteiger partial charge is 0.341 e. The number of halogens is 2. The summed E-state index contributed by atoms with van der Waals surface area (Å²) in [5.41, 5.74) is 1.84. The Balaban J connectivity index is 1.49. The van der Waals surface area contributed by atoms with Gasteiger partial charge in [0.25, 0.3) is 0 Å². The first kappa shape index (κ1) is 15.6. The van der Waals surface area contributed by atoms with Crippen LogP contribution in [0.4, 0.5) is 4.39 Å². The maximum absolute atomic E-state index is 13.1. The first-order valence-corrected chi connectivity index (χ1v) is 8.77. The van der Waals surface area contributed by atoms with Gasteiger partial charge in [-0.3, -0.25) is 4.79 Å². The van der Waals surface area contributed by atoms with Gasteiger partial charge in [0, 0.05) is 24.0 Å². The van der Waals surface area contributed by atoms with E-state index in [0.29, 0.717) is 10.9 Å². The van der Waals surface area contributed by atoms with E-state index in [9.17, 15) is 9.18 Å². The van der Waals surface area contributed by atoms with Gasteiger partial charge in [-0.1, -0.05) is 35.9 Å². The maximum atomic E-state index is 13.1. The van der Waals surface area contributed by atoms with Crippen molar-refractivity contribution in [2.75, 3.05) is 13.1 Å². The van der Waals surface area contributed by atoms with E-state index < -0.39 is 0 Å². The summed E-state index contributed by atoms with van der Waals surface area (Å²) >= 11 is 5.96. The fraction of sp³-hybridized carbons (Fsp3) is 0.350. The molecule has 0 radical (unpaired) electrons. The fourth-order valence-electron chi connectivity index (χ4n) is 3.77. The summed E-state index contributed by atoms with van der Waals surface area (Å²) < 4.78 is 13.1. The minimum atomic E-state index is -0.345. The molecule has 24 heavy (non-hydrogen) atoms. The van der Waals surface area contributed by atoms with Gasteiger partial charge in [-0.15, -0.1) is 0 Å². The van der Waals surface area contributed by atoms with Crippen molar-refractivity contribution in [3.63, 3.8) is 0 Å². The van der Waals surface area contributed by atoms with Gasteiger partial charge >= 0.3 is 0 Å². The summed E-state index contributed by atoms with van der Waals surface area (Å²) in [6.07, 6.45) is 2.75. The first-order chi connectivity index (χ1) is 11.6. The molecular formula is C20H19ClFNO. The van der Waals surface area contributed by atoms with Crippen molar-refractivity contribution in [2.24, 2.45) is 0 Å². The quantitative estimate of drug-likeness (QED) is 0.802. The Morgan fingerprint density at radius 2 is 1.75 bits per heavy atom. The molecule has 0 aromatic heterocycles. The second kappa shape index (κ2) is 5.89. The van der Waals surface area contributed by atoms with Crippen LogP contribution in [0.15, 0.2) is 48.5 Å². The Labute approximate surface area is 146 Å². The normalized spacial score (nSPS) is 21.8. The van der Waals surface area contributed by atoms with Crippen molar-refractivity contribution in [1.82, 2.24) is 4.90 Å². The van der Waals surface area contributed by atoms with Gasteiger partial charge < -0.3 is 4.90 Å². The third-order valence-corrected chi connectivity index (χ3v) is 5.63. The highest BCUT2D eigenvalue weighted by molar-refractivity contribution is 6.30. The molecule has 1 unspecified atom stereocenters. The topological polar surface area (TPSA) is 20.3 Å². The Morgan fingerprint density at radius 1 is 1.08 bits per heavy atom. The molecule has 4 rings (SSSR count). The van der Waals surface area contributed by atoms with Crippen LogP contribution in [0.2, 0.25) is 5.02 Å². The summed E-state index contributed by atoms with van der Waals surface area (Å²) in [6.45, 7) is 1.50. The monoisotopic (exact) mass is 343 g/mol. The average Bonchev–Trinajstić information content (AvgIpc) is 3.25. The molecule has 1 aliphatic carbocycles. The molecule has 0 spiro atoms. The molecule has 4 heteroatoms. The van der Waals surface area contributed by atoms with E-state index in [2.05, 4.69) is 0 Å². The highest BCUT2D eigenvalue weighted by atomic mass is 35.5. The van der Waals surface area contributed by atoms with Gasteiger partial charge in [0.15, 0.2) is 0 Å². The van der Waals surface area contributed by atoms with Crippen molar-refractivity contribution >= 4 is 17.5 Å². The number of carbonyl (C=O) groups is 1. The van der Waals surface area contributed by atoms with Crippen LogP contribution >= 0.6 is 11.6 Å². The lowest BCUT2D eigenvalue weighted by Crippen LogP contribution is -2.37. The number of hydrogen-bond acceptors (Lipinski definition) is 1. The van der Waals surface area contributed by atoms with Crippen molar-refractivity contribution in [3.8, 4) is 0 Å². The number of rotatable bonds is 3. The third kappa shape index (κ3) is 2.71. The Morgan fingerprint density at radius 3 is 2.38 bits per heavy atom. The molecule has 0 N–H and O–H groups in total. The van der Waals surface area contributed by atoms with Crippen molar-refractivity contribution in [1.29, 1.82) is 0 Å². The summed E-state index contributed by atoms with van der Waals surface area (Å²) in [5.74, 6) is 0.314. The van der Waals surface area contributed by atoms with Gasteiger partial charge in [-0.2, -0.15) is 0 Å². The van der Waals surface area contributed by atoms with Gasteiger partial charge in [0.2, 0.25) is 5.91 Å². The molecule has 1 amide bonds. The summed E-state index contributed by atoms with van der Waals surface area (Å²) in [6, 6.07) is 14.3. The van der Waals surface area contributed by atoms with E-state index in [1.165, 1.54) is 12.1 Å². The van der Waals surface area contributed by atoms with E-state index in [0.717, 1.165) is 43.5 Å². The number of carbonyl (C=O) groups excluding carboxylic acids is 1. The van der Waals surface area contributed by atoms with Gasteiger partial charge in [0.1, 0.15) is 5.82 Å². The molecule has 2 aromatic carbocycles.